The van der Waals surface area contributed by atoms with Crippen LogP contribution in [-0.2, 0) is 14.3 Å². The molecule has 9 heteroatoms. The number of halogens is 3. The van der Waals surface area contributed by atoms with Crippen molar-refractivity contribution in [2.75, 3.05) is 26.3 Å². The van der Waals surface area contributed by atoms with E-state index in [-0.39, 0.29) is 32.6 Å². The van der Waals surface area contributed by atoms with Crippen LogP contribution in [0.4, 0.5) is 13.2 Å². The zero-order chi connectivity index (χ0) is 15.9. The number of aliphatic carboxylic acids is 1. The number of carboxylic acid groups (broad SMARTS) is 1. The van der Waals surface area contributed by atoms with E-state index in [1.807, 2.05) is 0 Å². The lowest BCUT2D eigenvalue weighted by Gasteiger charge is -2.36. The fraction of sp³-hybridized carbons (Fsp3) is 0.833. The molecule has 1 atom stereocenters. The molecule has 3 N–H and O–H groups in total. The molecule has 2 rings (SSSR count). The van der Waals surface area contributed by atoms with E-state index in [2.05, 4.69) is 0 Å². The van der Waals surface area contributed by atoms with E-state index in [0.717, 1.165) is 4.90 Å². The Labute approximate surface area is 119 Å². The largest absolute Gasteiger partial charge is 0.481 e. The third kappa shape index (κ3) is 2.59. The average molecular weight is 310 g/mol. The zero-order valence-corrected chi connectivity index (χ0v) is 11.3. The van der Waals surface area contributed by atoms with E-state index in [0.29, 0.717) is 0 Å². The normalized spacial score (nSPS) is 29.4. The van der Waals surface area contributed by atoms with E-state index in [4.69, 9.17) is 15.6 Å². The maximum atomic E-state index is 13.1. The quantitative estimate of drug-likeness (QED) is 0.768. The van der Waals surface area contributed by atoms with Gasteiger partial charge in [0.15, 0.2) is 5.41 Å². The third-order valence-electron chi connectivity index (χ3n) is 4.32. The smallest absolute Gasteiger partial charge is 0.406 e. The summed E-state index contributed by atoms with van der Waals surface area (Å²) < 4.78 is 44.3. The van der Waals surface area contributed by atoms with E-state index in [9.17, 15) is 22.8 Å². The first-order valence-corrected chi connectivity index (χ1v) is 6.59. The fourth-order valence-electron chi connectivity index (χ4n) is 2.77. The van der Waals surface area contributed by atoms with Gasteiger partial charge in [0, 0.05) is 26.3 Å². The Hall–Kier alpha value is -1.35. The van der Waals surface area contributed by atoms with Crippen molar-refractivity contribution >= 4 is 11.9 Å². The van der Waals surface area contributed by atoms with Crippen LogP contribution < -0.4 is 5.73 Å². The molecule has 2 saturated heterocycles. The molecule has 120 valence electrons. The molecule has 0 spiro atoms. The van der Waals surface area contributed by atoms with Crippen LogP contribution in [0.15, 0.2) is 0 Å². The number of rotatable bonds is 2. The second-order valence-corrected chi connectivity index (χ2v) is 5.63. The second-order valence-electron chi connectivity index (χ2n) is 5.63. The molecule has 0 aromatic carbocycles. The van der Waals surface area contributed by atoms with Crippen LogP contribution in [0.5, 0.6) is 0 Å². The predicted octanol–water partition coefficient (Wildman–Crippen LogP) is 0.360. The van der Waals surface area contributed by atoms with Crippen LogP contribution in [0.1, 0.15) is 19.3 Å². The third-order valence-corrected chi connectivity index (χ3v) is 4.32. The van der Waals surface area contributed by atoms with Crippen molar-refractivity contribution in [1.82, 2.24) is 4.90 Å². The number of carboxylic acids is 1. The zero-order valence-electron chi connectivity index (χ0n) is 11.3. The minimum atomic E-state index is -4.91. The summed E-state index contributed by atoms with van der Waals surface area (Å²) >= 11 is 0. The average Bonchev–Trinajstić information content (AvgIpc) is 2.84. The Morgan fingerprint density at radius 1 is 1.19 bits per heavy atom. The van der Waals surface area contributed by atoms with Gasteiger partial charge in [-0.1, -0.05) is 0 Å². The standard InChI is InChI=1S/C12H17F3N2O4/c13-12(14,15)10(9(19)20)1-4-17(7-10)8(18)11(16)2-5-21-6-3-11/h1-7,16H2,(H,19,20). The van der Waals surface area contributed by atoms with Crippen molar-refractivity contribution < 1.29 is 32.6 Å². The van der Waals surface area contributed by atoms with Gasteiger partial charge in [0.2, 0.25) is 5.91 Å². The first kappa shape index (κ1) is 16.0. The van der Waals surface area contributed by atoms with Crippen molar-refractivity contribution in [3.05, 3.63) is 0 Å². The van der Waals surface area contributed by atoms with Crippen molar-refractivity contribution in [3.8, 4) is 0 Å². The minimum absolute atomic E-state index is 0.217. The summed E-state index contributed by atoms with van der Waals surface area (Å²) in [4.78, 5) is 24.4. The first-order valence-electron chi connectivity index (χ1n) is 6.59. The highest BCUT2D eigenvalue weighted by Gasteiger charge is 2.64. The van der Waals surface area contributed by atoms with Gasteiger partial charge in [-0.05, 0) is 19.3 Å². The number of likely N-dealkylation sites (tertiary alicyclic amines) is 1. The Bertz CT molecular complexity index is 448. The first-order chi connectivity index (χ1) is 9.62. The number of hydrogen-bond donors (Lipinski definition) is 2. The van der Waals surface area contributed by atoms with Crippen LogP contribution in [0.25, 0.3) is 0 Å². The van der Waals surface area contributed by atoms with E-state index < -0.39 is 42.0 Å². The molecule has 21 heavy (non-hydrogen) atoms. The van der Waals surface area contributed by atoms with Gasteiger partial charge in [-0.15, -0.1) is 0 Å². The maximum Gasteiger partial charge on any atom is 0.406 e. The number of nitrogens with two attached hydrogens (primary N) is 1. The van der Waals surface area contributed by atoms with Crippen LogP contribution in [0.2, 0.25) is 0 Å². The topological polar surface area (TPSA) is 92.9 Å². The number of carbonyl (C=O) groups excluding carboxylic acids is 1. The molecule has 0 saturated carbocycles. The van der Waals surface area contributed by atoms with E-state index in [1.54, 1.807) is 0 Å². The number of amides is 1. The van der Waals surface area contributed by atoms with Crippen molar-refractivity contribution in [1.29, 1.82) is 0 Å². The number of carbonyl (C=O) groups is 2. The van der Waals surface area contributed by atoms with Crippen molar-refractivity contribution in [3.63, 3.8) is 0 Å². The van der Waals surface area contributed by atoms with Gasteiger partial charge < -0.3 is 20.5 Å². The Morgan fingerprint density at radius 3 is 2.19 bits per heavy atom. The second kappa shape index (κ2) is 5.13. The number of alkyl halides is 3. The highest BCUT2D eigenvalue weighted by atomic mass is 19.4. The lowest BCUT2D eigenvalue weighted by Crippen LogP contribution is -2.58. The molecular weight excluding hydrogens is 293 g/mol. The lowest BCUT2D eigenvalue weighted by atomic mass is 9.86. The highest BCUT2D eigenvalue weighted by Crippen LogP contribution is 2.46. The molecule has 2 fully saturated rings. The van der Waals surface area contributed by atoms with Gasteiger partial charge in [0.1, 0.15) is 0 Å². The van der Waals surface area contributed by atoms with Gasteiger partial charge >= 0.3 is 12.1 Å². The Kier molecular flexibility index (Phi) is 3.92. The molecule has 6 nitrogen and oxygen atoms in total. The van der Waals surface area contributed by atoms with Gasteiger partial charge in [0.05, 0.1) is 5.54 Å². The van der Waals surface area contributed by atoms with Crippen LogP contribution >= 0.6 is 0 Å². The number of nitrogens with zero attached hydrogens (tertiary/aromatic N) is 1. The predicted molar refractivity (Wildman–Crippen MR) is 64.3 cm³/mol. The molecule has 0 aliphatic carbocycles. The number of ether oxygens (including phenoxy) is 1. The summed E-state index contributed by atoms with van der Waals surface area (Å²) in [5, 5.41) is 8.96. The summed E-state index contributed by atoms with van der Waals surface area (Å²) in [6, 6.07) is 0. The van der Waals surface area contributed by atoms with Gasteiger partial charge in [0.25, 0.3) is 0 Å². The van der Waals surface area contributed by atoms with Crippen molar-refractivity contribution in [2.45, 2.75) is 31.0 Å². The summed E-state index contributed by atoms with van der Waals surface area (Å²) in [6.07, 6.45) is -5.13. The van der Waals surface area contributed by atoms with Gasteiger partial charge in [-0.25, -0.2) is 0 Å². The molecule has 1 amide bonds. The SMILES string of the molecule is NC1(C(=O)N2CCC(C(=O)O)(C(F)(F)F)C2)CCOCC1. The lowest BCUT2D eigenvalue weighted by molar-refractivity contribution is -0.227. The van der Waals surface area contributed by atoms with E-state index in [1.165, 1.54) is 0 Å². The molecule has 0 radical (unpaired) electrons. The molecule has 2 heterocycles. The highest BCUT2D eigenvalue weighted by molar-refractivity contribution is 5.88. The molecule has 2 aliphatic heterocycles. The Balaban J connectivity index is 2.17. The molecular formula is C12H17F3N2O4. The molecule has 2 aliphatic rings. The summed E-state index contributed by atoms with van der Waals surface area (Å²) in [5.74, 6) is -2.58. The van der Waals surface area contributed by atoms with Crippen LogP contribution in [-0.4, -0.2) is 59.9 Å². The van der Waals surface area contributed by atoms with Gasteiger partial charge in [-0.2, -0.15) is 13.2 Å². The minimum Gasteiger partial charge on any atom is -0.481 e. The monoisotopic (exact) mass is 310 g/mol. The fourth-order valence-corrected chi connectivity index (χ4v) is 2.77. The van der Waals surface area contributed by atoms with Gasteiger partial charge in [-0.3, -0.25) is 9.59 Å². The van der Waals surface area contributed by atoms with Crippen LogP contribution in [0.3, 0.4) is 0 Å². The summed E-state index contributed by atoms with van der Waals surface area (Å²) in [5.41, 5.74) is 1.79. The molecule has 0 aromatic rings. The Morgan fingerprint density at radius 2 is 1.76 bits per heavy atom. The van der Waals surface area contributed by atoms with E-state index >= 15 is 0 Å². The molecule has 0 bridgehead atoms. The molecule has 1 unspecified atom stereocenters. The molecule has 0 aromatic heterocycles. The maximum absolute atomic E-state index is 13.1. The number of hydrogen-bond acceptors (Lipinski definition) is 4. The summed E-state index contributed by atoms with van der Waals surface area (Å²) in [6.45, 7) is -0.617. The summed E-state index contributed by atoms with van der Waals surface area (Å²) in [7, 11) is 0. The van der Waals surface area contributed by atoms with Crippen molar-refractivity contribution in [2.24, 2.45) is 11.1 Å². The van der Waals surface area contributed by atoms with Crippen LogP contribution in [0, 0.1) is 5.41 Å².